The lowest BCUT2D eigenvalue weighted by Gasteiger charge is -2.10. The molecule has 0 amide bonds. The summed E-state index contributed by atoms with van der Waals surface area (Å²) in [6.07, 6.45) is 3.72. The summed E-state index contributed by atoms with van der Waals surface area (Å²) in [7, 11) is 1.71. The summed E-state index contributed by atoms with van der Waals surface area (Å²) >= 11 is 0. The zero-order valence-electron chi connectivity index (χ0n) is 8.97. The fourth-order valence-electron chi connectivity index (χ4n) is 1.64. The molecule has 3 nitrogen and oxygen atoms in total. The molecule has 1 heterocycles. The molecule has 3 heteroatoms. The highest BCUT2D eigenvalue weighted by Crippen LogP contribution is 2.17. The van der Waals surface area contributed by atoms with Gasteiger partial charge in [0.2, 0.25) is 0 Å². The van der Waals surface area contributed by atoms with Crippen LogP contribution >= 0.6 is 0 Å². The molecule has 0 aliphatic carbocycles. The van der Waals surface area contributed by atoms with E-state index in [1.54, 1.807) is 13.3 Å². The second-order valence-corrected chi connectivity index (χ2v) is 3.44. The van der Waals surface area contributed by atoms with Crippen molar-refractivity contribution < 1.29 is 4.74 Å². The van der Waals surface area contributed by atoms with Gasteiger partial charge in [0.15, 0.2) is 0 Å². The normalized spacial score (nSPS) is 10.5. The lowest BCUT2D eigenvalue weighted by molar-refractivity contribution is 0.184. The Labute approximate surface area is 89.3 Å². The smallest absolute Gasteiger partial charge is 0.0716 e. The van der Waals surface area contributed by atoms with Crippen LogP contribution in [-0.2, 0) is 11.3 Å². The summed E-state index contributed by atoms with van der Waals surface area (Å²) in [6.45, 7) is 2.73. The van der Waals surface area contributed by atoms with Crippen molar-refractivity contribution in [1.29, 1.82) is 0 Å². The van der Waals surface area contributed by atoms with Crippen molar-refractivity contribution in [2.75, 3.05) is 7.11 Å². The van der Waals surface area contributed by atoms with Crippen molar-refractivity contribution in [3.8, 4) is 5.69 Å². The standard InChI is InChI=1S/C12H14N2O/c1-10-11(9-15-2)5-3-6-12(10)14-8-4-7-13-14/h3-8H,9H2,1-2H3. The highest BCUT2D eigenvalue weighted by molar-refractivity contribution is 5.44. The van der Waals surface area contributed by atoms with Crippen molar-refractivity contribution >= 4 is 0 Å². The van der Waals surface area contributed by atoms with Gasteiger partial charge in [-0.15, -0.1) is 0 Å². The molecular weight excluding hydrogens is 188 g/mol. The number of hydrogen-bond donors (Lipinski definition) is 0. The Morgan fingerprint density at radius 3 is 2.87 bits per heavy atom. The maximum Gasteiger partial charge on any atom is 0.0716 e. The molecule has 2 rings (SSSR count). The molecule has 2 aromatic rings. The fourth-order valence-corrected chi connectivity index (χ4v) is 1.64. The zero-order chi connectivity index (χ0) is 10.7. The minimum Gasteiger partial charge on any atom is -0.380 e. The third-order valence-corrected chi connectivity index (χ3v) is 2.47. The highest BCUT2D eigenvalue weighted by atomic mass is 16.5. The van der Waals surface area contributed by atoms with Gasteiger partial charge in [-0.25, -0.2) is 4.68 Å². The Morgan fingerprint density at radius 2 is 2.20 bits per heavy atom. The van der Waals surface area contributed by atoms with Crippen LogP contribution < -0.4 is 0 Å². The Kier molecular flexibility index (Phi) is 2.83. The van der Waals surface area contributed by atoms with Crippen molar-refractivity contribution in [3.63, 3.8) is 0 Å². The number of nitrogens with zero attached hydrogens (tertiary/aromatic N) is 2. The van der Waals surface area contributed by atoms with E-state index in [9.17, 15) is 0 Å². The summed E-state index contributed by atoms with van der Waals surface area (Å²) in [5.41, 5.74) is 3.52. The molecule has 0 N–H and O–H groups in total. The number of hydrogen-bond acceptors (Lipinski definition) is 2. The molecular formula is C12H14N2O. The van der Waals surface area contributed by atoms with E-state index in [1.165, 1.54) is 11.1 Å². The largest absolute Gasteiger partial charge is 0.380 e. The molecule has 0 saturated heterocycles. The van der Waals surface area contributed by atoms with Crippen molar-refractivity contribution in [3.05, 3.63) is 47.8 Å². The fraction of sp³-hybridized carbons (Fsp3) is 0.250. The first kappa shape index (κ1) is 9.93. The van der Waals surface area contributed by atoms with E-state index in [0.717, 1.165) is 5.69 Å². The van der Waals surface area contributed by atoms with Gasteiger partial charge in [-0.3, -0.25) is 0 Å². The van der Waals surface area contributed by atoms with Gasteiger partial charge in [-0.1, -0.05) is 12.1 Å². The lowest BCUT2D eigenvalue weighted by Crippen LogP contribution is -2.01. The molecule has 0 atom stereocenters. The number of methoxy groups -OCH3 is 1. The van der Waals surface area contributed by atoms with E-state index in [1.807, 2.05) is 23.0 Å². The quantitative estimate of drug-likeness (QED) is 0.763. The molecule has 0 radical (unpaired) electrons. The predicted molar refractivity (Wildman–Crippen MR) is 59.0 cm³/mol. The van der Waals surface area contributed by atoms with Gasteiger partial charge in [-0.2, -0.15) is 5.10 Å². The number of benzene rings is 1. The zero-order valence-corrected chi connectivity index (χ0v) is 8.97. The molecule has 78 valence electrons. The van der Waals surface area contributed by atoms with Gasteiger partial charge in [0.25, 0.3) is 0 Å². The Balaban J connectivity index is 2.45. The summed E-state index contributed by atoms with van der Waals surface area (Å²) in [5.74, 6) is 0. The maximum atomic E-state index is 5.15. The first-order valence-electron chi connectivity index (χ1n) is 4.90. The van der Waals surface area contributed by atoms with E-state index in [4.69, 9.17) is 4.74 Å². The highest BCUT2D eigenvalue weighted by Gasteiger charge is 2.04. The summed E-state index contributed by atoms with van der Waals surface area (Å²) in [4.78, 5) is 0. The number of rotatable bonds is 3. The molecule has 0 bridgehead atoms. The van der Waals surface area contributed by atoms with Crippen LogP contribution in [-0.4, -0.2) is 16.9 Å². The van der Waals surface area contributed by atoms with Gasteiger partial charge in [0.1, 0.15) is 0 Å². The van der Waals surface area contributed by atoms with E-state index in [0.29, 0.717) is 6.61 Å². The van der Waals surface area contributed by atoms with Gasteiger partial charge in [0, 0.05) is 19.5 Å². The monoisotopic (exact) mass is 202 g/mol. The maximum absolute atomic E-state index is 5.15. The molecule has 0 spiro atoms. The third kappa shape index (κ3) is 1.92. The SMILES string of the molecule is COCc1cccc(-n2cccn2)c1C. The summed E-state index contributed by atoms with van der Waals surface area (Å²) in [6, 6.07) is 8.08. The molecule has 0 saturated carbocycles. The van der Waals surface area contributed by atoms with E-state index < -0.39 is 0 Å². The Bertz CT molecular complexity index is 435. The lowest BCUT2D eigenvalue weighted by atomic mass is 10.1. The molecule has 15 heavy (non-hydrogen) atoms. The van der Waals surface area contributed by atoms with Crippen LogP contribution in [0.2, 0.25) is 0 Å². The molecule has 0 aliphatic rings. The van der Waals surface area contributed by atoms with Crippen LogP contribution in [0.15, 0.2) is 36.7 Å². The van der Waals surface area contributed by atoms with Gasteiger partial charge in [0.05, 0.1) is 12.3 Å². The van der Waals surface area contributed by atoms with Crippen LogP contribution in [0.5, 0.6) is 0 Å². The summed E-state index contributed by atoms with van der Waals surface area (Å²) < 4.78 is 7.02. The first-order chi connectivity index (χ1) is 7.33. The van der Waals surface area contributed by atoms with Gasteiger partial charge in [-0.05, 0) is 30.2 Å². The van der Waals surface area contributed by atoms with E-state index >= 15 is 0 Å². The molecule has 0 fully saturated rings. The number of aromatic nitrogens is 2. The topological polar surface area (TPSA) is 27.1 Å². The van der Waals surface area contributed by atoms with E-state index in [-0.39, 0.29) is 0 Å². The first-order valence-corrected chi connectivity index (χ1v) is 4.90. The average Bonchev–Trinajstić information content (AvgIpc) is 2.74. The van der Waals surface area contributed by atoms with Gasteiger partial charge >= 0.3 is 0 Å². The summed E-state index contributed by atoms with van der Waals surface area (Å²) in [5, 5.41) is 4.22. The van der Waals surface area contributed by atoms with Crippen molar-refractivity contribution in [1.82, 2.24) is 9.78 Å². The van der Waals surface area contributed by atoms with E-state index in [2.05, 4.69) is 24.2 Å². The molecule has 1 aromatic carbocycles. The minimum atomic E-state index is 0.640. The molecule has 1 aromatic heterocycles. The molecule has 0 unspecified atom stereocenters. The average molecular weight is 202 g/mol. The second-order valence-electron chi connectivity index (χ2n) is 3.44. The van der Waals surface area contributed by atoms with Crippen LogP contribution in [0.4, 0.5) is 0 Å². The third-order valence-electron chi connectivity index (χ3n) is 2.47. The van der Waals surface area contributed by atoms with Gasteiger partial charge < -0.3 is 4.74 Å². The minimum absolute atomic E-state index is 0.640. The van der Waals surface area contributed by atoms with Crippen LogP contribution in [0.25, 0.3) is 5.69 Å². The Hall–Kier alpha value is -1.61. The van der Waals surface area contributed by atoms with Crippen LogP contribution in [0, 0.1) is 6.92 Å². The van der Waals surface area contributed by atoms with Crippen LogP contribution in [0.3, 0.4) is 0 Å². The van der Waals surface area contributed by atoms with Crippen molar-refractivity contribution in [2.45, 2.75) is 13.5 Å². The van der Waals surface area contributed by atoms with Crippen LogP contribution in [0.1, 0.15) is 11.1 Å². The second kappa shape index (κ2) is 4.28. The molecule has 0 aliphatic heterocycles. The van der Waals surface area contributed by atoms with Crippen molar-refractivity contribution in [2.24, 2.45) is 0 Å². The Morgan fingerprint density at radius 1 is 1.33 bits per heavy atom. The number of ether oxygens (including phenoxy) is 1. The predicted octanol–water partition coefficient (Wildman–Crippen LogP) is 2.33.